The zero-order valence-electron chi connectivity index (χ0n) is 18.1. The van der Waals surface area contributed by atoms with Crippen molar-refractivity contribution < 1.29 is 22.7 Å². The van der Waals surface area contributed by atoms with Crippen LogP contribution in [0.3, 0.4) is 0 Å². The number of benzene rings is 2. The zero-order valence-corrected chi connectivity index (χ0v) is 18.9. The summed E-state index contributed by atoms with van der Waals surface area (Å²) >= 11 is 5.84. The zero-order chi connectivity index (χ0) is 24.3. The van der Waals surface area contributed by atoms with Crippen molar-refractivity contribution in [1.29, 1.82) is 0 Å². The van der Waals surface area contributed by atoms with Crippen molar-refractivity contribution in [2.75, 3.05) is 7.11 Å². The van der Waals surface area contributed by atoms with Crippen LogP contribution in [0.2, 0.25) is 5.02 Å². The number of aromatic amines is 1. The number of amides is 1. The van der Waals surface area contributed by atoms with E-state index in [1.165, 1.54) is 19.2 Å². The molecule has 0 aliphatic heterocycles. The number of hydrogen-bond acceptors (Lipinski definition) is 3. The van der Waals surface area contributed by atoms with E-state index in [1.54, 1.807) is 42.9 Å². The van der Waals surface area contributed by atoms with Gasteiger partial charge >= 0.3 is 6.18 Å². The predicted molar refractivity (Wildman–Crippen MR) is 124 cm³/mol. The normalized spacial score (nSPS) is 12.5. The summed E-state index contributed by atoms with van der Waals surface area (Å²) in [6.45, 7) is 0.282. The van der Waals surface area contributed by atoms with E-state index < -0.39 is 22.7 Å². The third-order valence-corrected chi connectivity index (χ3v) is 5.95. The van der Waals surface area contributed by atoms with Gasteiger partial charge in [0, 0.05) is 48.4 Å². The second-order valence-electron chi connectivity index (χ2n) is 7.78. The van der Waals surface area contributed by atoms with Gasteiger partial charge in [-0.3, -0.25) is 9.78 Å². The Hall–Kier alpha value is -3.52. The van der Waals surface area contributed by atoms with Crippen LogP contribution in [0.4, 0.5) is 13.2 Å². The number of hydrogen-bond donors (Lipinski definition) is 2. The molecule has 0 aliphatic rings. The molecule has 2 N–H and O–H groups in total. The topological polar surface area (TPSA) is 67.0 Å². The fraction of sp³-hybridized carbons (Fsp3) is 0.200. The molecular weight excluding hydrogens is 467 g/mol. The van der Waals surface area contributed by atoms with E-state index in [0.29, 0.717) is 16.9 Å². The predicted octanol–water partition coefficient (Wildman–Crippen LogP) is 6.08. The van der Waals surface area contributed by atoms with Crippen molar-refractivity contribution in [2.45, 2.75) is 25.1 Å². The van der Waals surface area contributed by atoms with Gasteiger partial charge in [0.25, 0.3) is 0 Å². The van der Waals surface area contributed by atoms with Crippen LogP contribution in [-0.2, 0) is 17.5 Å². The van der Waals surface area contributed by atoms with Gasteiger partial charge in [-0.1, -0.05) is 17.7 Å². The van der Waals surface area contributed by atoms with Gasteiger partial charge < -0.3 is 15.0 Å². The summed E-state index contributed by atoms with van der Waals surface area (Å²) in [4.78, 5) is 20.0. The summed E-state index contributed by atoms with van der Waals surface area (Å²) in [6.07, 6.45) is 0.275. The minimum absolute atomic E-state index is 0.0613. The molecule has 0 bridgehead atoms. The molecule has 9 heteroatoms. The lowest BCUT2D eigenvalue weighted by atomic mass is 9.87. The quantitative estimate of drug-likeness (QED) is 0.332. The Labute approximate surface area is 198 Å². The Morgan fingerprint density at radius 1 is 1.15 bits per heavy atom. The molecule has 0 spiro atoms. The van der Waals surface area contributed by atoms with E-state index in [0.717, 1.165) is 22.5 Å². The lowest BCUT2D eigenvalue weighted by Gasteiger charge is -2.19. The first-order valence-electron chi connectivity index (χ1n) is 10.4. The summed E-state index contributed by atoms with van der Waals surface area (Å²) < 4.78 is 46.0. The maximum absolute atomic E-state index is 13.6. The number of carbonyl (C=O) groups is 1. The van der Waals surface area contributed by atoms with Crippen LogP contribution >= 0.6 is 11.6 Å². The Kier molecular flexibility index (Phi) is 6.79. The molecule has 0 aliphatic carbocycles. The number of alkyl halides is 3. The Morgan fingerprint density at radius 3 is 2.62 bits per heavy atom. The van der Waals surface area contributed by atoms with Crippen LogP contribution < -0.4 is 10.1 Å². The molecule has 2 aromatic carbocycles. The first-order valence-corrected chi connectivity index (χ1v) is 10.8. The van der Waals surface area contributed by atoms with Crippen molar-refractivity contribution in [3.63, 3.8) is 0 Å². The van der Waals surface area contributed by atoms with Gasteiger partial charge in [-0.2, -0.15) is 13.2 Å². The first-order chi connectivity index (χ1) is 16.3. The highest BCUT2D eigenvalue weighted by atomic mass is 35.5. The van der Waals surface area contributed by atoms with Gasteiger partial charge in [0.1, 0.15) is 5.75 Å². The number of nitrogens with one attached hydrogen (secondary N) is 2. The summed E-state index contributed by atoms with van der Waals surface area (Å²) in [6, 6.07) is 12.7. The second kappa shape index (κ2) is 9.77. The van der Waals surface area contributed by atoms with Crippen LogP contribution in [0, 0.1) is 0 Å². The molecule has 34 heavy (non-hydrogen) atoms. The molecule has 0 radical (unpaired) electrons. The van der Waals surface area contributed by atoms with Crippen LogP contribution in [0.5, 0.6) is 5.75 Å². The highest BCUT2D eigenvalue weighted by molar-refractivity contribution is 6.31. The van der Waals surface area contributed by atoms with Gasteiger partial charge in [-0.15, -0.1) is 0 Å². The molecule has 0 saturated carbocycles. The monoisotopic (exact) mass is 487 g/mol. The van der Waals surface area contributed by atoms with Gasteiger partial charge in [0.15, 0.2) is 0 Å². The fourth-order valence-electron chi connectivity index (χ4n) is 3.88. The van der Waals surface area contributed by atoms with E-state index in [1.807, 2.05) is 6.07 Å². The highest BCUT2D eigenvalue weighted by Gasteiger charge is 2.34. The number of fused-ring (bicyclic) bond motifs is 1. The first kappa shape index (κ1) is 23.6. The summed E-state index contributed by atoms with van der Waals surface area (Å²) in [5.41, 5.74) is 1.72. The molecular formula is C25H21ClF3N3O2. The average Bonchev–Trinajstić information content (AvgIpc) is 3.24. The molecule has 2 heterocycles. The number of pyridine rings is 1. The molecule has 176 valence electrons. The average molecular weight is 488 g/mol. The molecule has 4 aromatic rings. The molecule has 0 fully saturated rings. The van der Waals surface area contributed by atoms with E-state index in [-0.39, 0.29) is 18.9 Å². The number of ether oxygens (including phenoxy) is 1. The molecule has 0 saturated heterocycles. The lowest BCUT2D eigenvalue weighted by molar-refractivity contribution is -0.137. The molecule has 1 amide bonds. The van der Waals surface area contributed by atoms with Crippen molar-refractivity contribution in [2.24, 2.45) is 0 Å². The van der Waals surface area contributed by atoms with Gasteiger partial charge in [-0.05, 0) is 59.2 Å². The highest BCUT2D eigenvalue weighted by Crippen LogP contribution is 2.40. The SMILES string of the molecule is COc1ccc2[nH]cc(C(CC(=O)NCc3ccncc3)c3ccc(Cl)c(C(F)(F)F)c3)c2c1. The van der Waals surface area contributed by atoms with E-state index in [4.69, 9.17) is 16.3 Å². The largest absolute Gasteiger partial charge is 0.497 e. The molecule has 1 atom stereocenters. The summed E-state index contributed by atoms with van der Waals surface area (Å²) in [7, 11) is 1.53. The van der Waals surface area contributed by atoms with Crippen molar-refractivity contribution in [1.82, 2.24) is 15.3 Å². The molecule has 1 unspecified atom stereocenters. The van der Waals surface area contributed by atoms with Crippen LogP contribution in [0.15, 0.2) is 67.1 Å². The van der Waals surface area contributed by atoms with E-state index >= 15 is 0 Å². The molecule has 5 nitrogen and oxygen atoms in total. The van der Waals surface area contributed by atoms with Gasteiger partial charge in [-0.25, -0.2) is 0 Å². The van der Waals surface area contributed by atoms with Crippen molar-refractivity contribution in [3.8, 4) is 5.75 Å². The maximum atomic E-state index is 13.6. The molecule has 2 aromatic heterocycles. The third-order valence-electron chi connectivity index (χ3n) is 5.62. The van der Waals surface area contributed by atoms with Gasteiger partial charge in [0.2, 0.25) is 5.91 Å². The van der Waals surface area contributed by atoms with Crippen LogP contribution in [0.1, 0.15) is 34.6 Å². The smallest absolute Gasteiger partial charge is 0.417 e. The number of aromatic nitrogens is 2. The fourth-order valence-corrected chi connectivity index (χ4v) is 4.10. The maximum Gasteiger partial charge on any atom is 0.417 e. The summed E-state index contributed by atoms with van der Waals surface area (Å²) in [5.74, 6) is -0.361. The Morgan fingerprint density at radius 2 is 1.91 bits per heavy atom. The lowest BCUT2D eigenvalue weighted by Crippen LogP contribution is -2.25. The van der Waals surface area contributed by atoms with Gasteiger partial charge in [0.05, 0.1) is 17.7 Å². The minimum Gasteiger partial charge on any atom is -0.497 e. The number of halogens is 4. The second-order valence-corrected chi connectivity index (χ2v) is 8.19. The number of nitrogens with zero attached hydrogens (tertiary/aromatic N) is 1. The van der Waals surface area contributed by atoms with Crippen LogP contribution in [0.25, 0.3) is 10.9 Å². The number of rotatable bonds is 7. The van der Waals surface area contributed by atoms with E-state index in [9.17, 15) is 18.0 Å². The van der Waals surface area contributed by atoms with Crippen molar-refractivity contribution >= 4 is 28.4 Å². The number of carbonyl (C=O) groups excluding carboxylic acids is 1. The standard InChI is InChI=1S/C25H21ClF3N3O2/c1-34-17-3-5-23-19(11-17)20(14-31-23)18(12-24(33)32-13-15-6-8-30-9-7-15)16-2-4-22(26)21(10-16)25(27,28)29/h2-11,14,18,31H,12-13H2,1H3,(H,32,33). The van der Waals surface area contributed by atoms with Crippen molar-refractivity contribution in [3.05, 3.63) is 94.4 Å². The molecule has 4 rings (SSSR count). The Balaban J connectivity index is 1.72. The number of H-pyrrole nitrogens is 1. The Bertz CT molecular complexity index is 1310. The van der Waals surface area contributed by atoms with E-state index in [2.05, 4.69) is 15.3 Å². The van der Waals surface area contributed by atoms with Crippen LogP contribution in [-0.4, -0.2) is 23.0 Å². The third kappa shape index (κ3) is 5.17. The number of methoxy groups -OCH3 is 1. The summed E-state index contributed by atoms with van der Waals surface area (Å²) in [5, 5.41) is 3.21. The minimum atomic E-state index is -4.62.